The van der Waals surface area contributed by atoms with Gasteiger partial charge < -0.3 is 20.6 Å². The summed E-state index contributed by atoms with van der Waals surface area (Å²) in [5, 5.41) is 29.5. The van der Waals surface area contributed by atoms with E-state index in [0.717, 1.165) is 24.9 Å². The van der Waals surface area contributed by atoms with E-state index in [-0.39, 0.29) is 0 Å². The van der Waals surface area contributed by atoms with Crippen LogP contribution in [-0.2, 0) is 15.2 Å². The Morgan fingerprint density at radius 1 is 1.04 bits per heavy atom. The van der Waals surface area contributed by atoms with Crippen molar-refractivity contribution in [2.45, 2.75) is 43.7 Å². The minimum atomic E-state index is -1.82. The van der Waals surface area contributed by atoms with Crippen LogP contribution in [0.25, 0.3) is 0 Å². The molecule has 4 N–H and O–H groups in total. The maximum Gasteiger partial charge on any atom is 0.414 e. The van der Waals surface area contributed by atoms with Gasteiger partial charge in [-0.3, -0.25) is 0 Å². The molecular formula is C17H23NO5. The van der Waals surface area contributed by atoms with Crippen molar-refractivity contribution in [3.05, 3.63) is 35.9 Å². The highest BCUT2D eigenvalue weighted by atomic mass is 16.4. The van der Waals surface area contributed by atoms with Gasteiger partial charge in [0.25, 0.3) is 0 Å². The molecule has 6 nitrogen and oxygen atoms in total. The van der Waals surface area contributed by atoms with Crippen LogP contribution in [0.3, 0.4) is 0 Å². The number of aliphatic carboxylic acids is 2. The average molecular weight is 321 g/mol. The van der Waals surface area contributed by atoms with E-state index in [4.69, 9.17) is 19.8 Å². The van der Waals surface area contributed by atoms with E-state index >= 15 is 0 Å². The number of piperidine rings is 1. The molecule has 2 aliphatic rings. The molecule has 0 spiro atoms. The lowest BCUT2D eigenvalue weighted by molar-refractivity contribution is -0.159. The van der Waals surface area contributed by atoms with Crippen molar-refractivity contribution in [3.8, 4) is 0 Å². The van der Waals surface area contributed by atoms with Crippen LogP contribution in [0.4, 0.5) is 0 Å². The summed E-state index contributed by atoms with van der Waals surface area (Å²) in [6.07, 6.45) is 5.79. The molecular weight excluding hydrogens is 298 g/mol. The predicted octanol–water partition coefficient (Wildman–Crippen LogP) is 1.58. The second-order valence-corrected chi connectivity index (χ2v) is 6.10. The number of carboxylic acid groups (broad SMARTS) is 2. The molecule has 0 amide bonds. The number of benzene rings is 1. The third kappa shape index (κ3) is 4.09. The zero-order valence-electron chi connectivity index (χ0n) is 12.9. The maximum atomic E-state index is 11.1. The molecule has 0 bridgehead atoms. The third-order valence-corrected chi connectivity index (χ3v) is 4.75. The number of aliphatic hydroxyl groups is 1. The van der Waals surface area contributed by atoms with Gasteiger partial charge >= 0.3 is 11.9 Å². The number of carboxylic acids is 2. The highest BCUT2D eigenvalue weighted by Gasteiger charge is 2.45. The Kier molecular flexibility index (Phi) is 5.74. The molecule has 6 heteroatoms. The van der Waals surface area contributed by atoms with Crippen LogP contribution < -0.4 is 5.32 Å². The second kappa shape index (κ2) is 7.57. The summed E-state index contributed by atoms with van der Waals surface area (Å²) in [7, 11) is 0. The predicted molar refractivity (Wildman–Crippen MR) is 84.0 cm³/mol. The van der Waals surface area contributed by atoms with Gasteiger partial charge in [-0.2, -0.15) is 0 Å². The smallest absolute Gasteiger partial charge is 0.414 e. The number of hydrogen-bond donors (Lipinski definition) is 4. The van der Waals surface area contributed by atoms with Crippen LogP contribution in [-0.4, -0.2) is 39.8 Å². The Labute approximate surface area is 135 Å². The van der Waals surface area contributed by atoms with Gasteiger partial charge in [0.2, 0.25) is 0 Å². The van der Waals surface area contributed by atoms with Crippen LogP contribution in [0.15, 0.2) is 30.3 Å². The lowest BCUT2D eigenvalue weighted by Crippen LogP contribution is -2.55. The molecule has 3 atom stereocenters. The molecule has 1 saturated carbocycles. The second-order valence-electron chi connectivity index (χ2n) is 6.10. The van der Waals surface area contributed by atoms with E-state index in [1.807, 2.05) is 18.2 Å². The molecule has 1 aliphatic heterocycles. The number of hydrogen-bond acceptors (Lipinski definition) is 4. The van der Waals surface area contributed by atoms with Crippen molar-refractivity contribution in [2.24, 2.45) is 5.92 Å². The van der Waals surface area contributed by atoms with E-state index in [1.54, 1.807) is 0 Å². The van der Waals surface area contributed by atoms with E-state index in [0.29, 0.717) is 12.0 Å². The number of rotatable bonds is 1. The maximum absolute atomic E-state index is 11.1. The van der Waals surface area contributed by atoms with Gasteiger partial charge in [0.1, 0.15) is 0 Å². The Morgan fingerprint density at radius 3 is 2.26 bits per heavy atom. The molecule has 0 radical (unpaired) electrons. The van der Waals surface area contributed by atoms with E-state index in [2.05, 4.69) is 17.4 Å². The van der Waals surface area contributed by atoms with Crippen molar-refractivity contribution in [1.82, 2.24) is 5.32 Å². The summed E-state index contributed by atoms with van der Waals surface area (Å²) >= 11 is 0. The molecule has 126 valence electrons. The fourth-order valence-corrected chi connectivity index (χ4v) is 3.67. The van der Waals surface area contributed by atoms with Crippen molar-refractivity contribution >= 4 is 11.9 Å². The van der Waals surface area contributed by atoms with Gasteiger partial charge in [-0.05, 0) is 31.4 Å². The largest absolute Gasteiger partial charge is 0.473 e. The first-order chi connectivity index (χ1) is 10.9. The van der Waals surface area contributed by atoms with Crippen molar-refractivity contribution in [2.75, 3.05) is 6.54 Å². The fraction of sp³-hybridized carbons (Fsp3) is 0.529. The lowest BCUT2D eigenvalue weighted by atomic mass is 9.67. The number of carbonyl (C=O) groups is 2. The van der Waals surface area contributed by atoms with E-state index < -0.39 is 17.5 Å². The normalized spacial score (nSPS) is 29.6. The summed E-state index contributed by atoms with van der Waals surface area (Å²) in [5.74, 6) is -3.25. The summed E-state index contributed by atoms with van der Waals surface area (Å²) in [5.41, 5.74) is 0.510. The SMILES string of the molecule is O=C(O)C(=O)O.O[C@@]1(c2ccccc2)CCN[C@@H]2CCCC[C@@H]21. The van der Waals surface area contributed by atoms with Crippen LogP contribution in [0.5, 0.6) is 0 Å². The minimum Gasteiger partial charge on any atom is -0.473 e. The van der Waals surface area contributed by atoms with Gasteiger partial charge in [-0.1, -0.05) is 43.2 Å². The molecule has 0 aromatic heterocycles. The van der Waals surface area contributed by atoms with Gasteiger partial charge in [-0.15, -0.1) is 0 Å². The zero-order valence-corrected chi connectivity index (χ0v) is 12.9. The molecule has 3 rings (SSSR count). The van der Waals surface area contributed by atoms with E-state index in [9.17, 15) is 5.11 Å². The molecule has 1 aromatic carbocycles. The standard InChI is InChI=1S/C15H21NO.C2H2O4/c17-15(12-6-2-1-3-7-12)10-11-16-14-9-5-4-8-13(14)15;3-1(4)2(5)6/h1-3,6-7,13-14,16-17H,4-5,8-11H2;(H,3,4)(H,5,6)/t13-,14+,15+;/m0./s1. The van der Waals surface area contributed by atoms with Crippen molar-refractivity contribution in [1.29, 1.82) is 0 Å². The third-order valence-electron chi connectivity index (χ3n) is 4.75. The van der Waals surface area contributed by atoms with Crippen LogP contribution in [0.1, 0.15) is 37.7 Å². The van der Waals surface area contributed by atoms with Gasteiger partial charge in [0.15, 0.2) is 0 Å². The quantitative estimate of drug-likeness (QED) is 0.585. The monoisotopic (exact) mass is 321 g/mol. The van der Waals surface area contributed by atoms with Crippen LogP contribution in [0, 0.1) is 5.92 Å². The van der Waals surface area contributed by atoms with Crippen molar-refractivity contribution in [3.63, 3.8) is 0 Å². The Balaban J connectivity index is 0.000000277. The van der Waals surface area contributed by atoms with Crippen molar-refractivity contribution < 1.29 is 24.9 Å². The highest BCUT2D eigenvalue weighted by molar-refractivity contribution is 6.27. The molecule has 0 unspecified atom stereocenters. The summed E-state index contributed by atoms with van der Waals surface area (Å²) in [6.45, 7) is 0.937. The topological polar surface area (TPSA) is 107 Å². The Hall–Kier alpha value is -1.92. The first-order valence-electron chi connectivity index (χ1n) is 7.92. The first kappa shape index (κ1) is 17.4. The van der Waals surface area contributed by atoms with Crippen LogP contribution in [0.2, 0.25) is 0 Å². The summed E-state index contributed by atoms with van der Waals surface area (Å²) < 4.78 is 0. The molecule has 1 saturated heterocycles. The van der Waals surface area contributed by atoms with E-state index in [1.165, 1.54) is 19.3 Å². The zero-order chi connectivity index (χ0) is 16.9. The highest BCUT2D eigenvalue weighted by Crippen LogP contribution is 2.43. The van der Waals surface area contributed by atoms with Gasteiger partial charge in [-0.25, -0.2) is 9.59 Å². The van der Waals surface area contributed by atoms with Gasteiger partial charge in [0.05, 0.1) is 5.60 Å². The molecule has 1 aromatic rings. The minimum absolute atomic E-state index is 0.396. The number of nitrogens with one attached hydrogen (secondary N) is 1. The Bertz CT molecular complexity index is 533. The number of fused-ring (bicyclic) bond motifs is 1. The van der Waals surface area contributed by atoms with Crippen LogP contribution >= 0.6 is 0 Å². The average Bonchev–Trinajstić information content (AvgIpc) is 2.57. The Morgan fingerprint density at radius 2 is 1.65 bits per heavy atom. The summed E-state index contributed by atoms with van der Waals surface area (Å²) in [4.78, 5) is 18.2. The summed E-state index contributed by atoms with van der Waals surface area (Å²) in [6, 6.07) is 10.8. The fourth-order valence-electron chi connectivity index (χ4n) is 3.67. The molecule has 2 fully saturated rings. The first-order valence-corrected chi connectivity index (χ1v) is 7.92. The lowest BCUT2D eigenvalue weighted by Gasteiger charge is -2.48. The van der Waals surface area contributed by atoms with Gasteiger partial charge in [0, 0.05) is 12.0 Å². The molecule has 1 heterocycles. The molecule has 23 heavy (non-hydrogen) atoms. The molecule has 1 aliphatic carbocycles.